The summed E-state index contributed by atoms with van der Waals surface area (Å²) in [5.41, 5.74) is 4.22. The van der Waals surface area contributed by atoms with E-state index >= 15 is 0 Å². The predicted molar refractivity (Wildman–Crippen MR) is 114 cm³/mol. The molecule has 1 aromatic heterocycles. The van der Waals surface area contributed by atoms with Crippen LogP contribution < -0.4 is 5.32 Å². The topological polar surface area (TPSA) is 57.6 Å². The summed E-state index contributed by atoms with van der Waals surface area (Å²) in [6.45, 7) is 4.83. The maximum atomic E-state index is 13.2. The molecule has 4 rings (SSSR count). The molecule has 2 aliphatic carbocycles. The first-order valence-corrected chi connectivity index (χ1v) is 10.5. The second kappa shape index (κ2) is 7.93. The van der Waals surface area contributed by atoms with E-state index in [-0.39, 0.29) is 24.5 Å². The number of amides is 3. The monoisotopic (exact) mass is 394 g/mol. The summed E-state index contributed by atoms with van der Waals surface area (Å²) in [5, 5.41) is 2.99. The van der Waals surface area contributed by atoms with Crippen molar-refractivity contribution in [3.8, 4) is 0 Å². The molecule has 2 aromatic rings. The molecular weight excluding hydrogens is 364 g/mol. The van der Waals surface area contributed by atoms with Crippen molar-refractivity contribution in [2.24, 2.45) is 7.05 Å². The summed E-state index contributed by atoms with van der Waals surface area (Å²) < 4.78 is 2.05. The fraction of sp³-hybridized carbons (Fsp3) is 0.478. The molecule has 1 aromatic carbocycles. The Morgan fingerprint density at radius 2 is 1.72 bits per heavy atom. The van der Waals surface area contributed by atoms with Gasteiger partial charge >= 0.3 is 6.03 Å². The number of aryl methyl sites for hydroxylation is 3. The third-order valence-corrected chi connectivity index (χ3v) is 6.00. The average molecular weight is 395 g/mol. The van der Waals surface area contributed by atoms with Crippen molar-refractivity contribution in [2.45, 2.75) is 58.2 Å². The Morgan fingerprint density at radius 3 is 2.31 bits per heavy atom. The van der Waals surface area contributed by atoms with E-state index in [2.05, 4.69) is 12.2 Å². The fourth-order valence-electron chi connectivity index (χ4n) is 3.65. The van der Waals surface area contributed by atoms with Gasteiger partial charge in [0.15, 0.2) is 0 Å². The molecule has 3 amide bonds. The highest BCUT2D eigenvalue weighted by molar-refractivity contribution is 5.93. The lowest BCUT2D eigenvalue weighted by molar-refractivity contribution is -0.133. The lowest BCUT2D eigenvalue weighted by Gasteiger charge is -2.28. The lowest BCUT2D eigenvalue weighted by Crippen LogP contribution is -2.46. The quantitative estimate of drug-likeness (QED) is 0.776. The van der Waals surface area contributed by atoms with Crippen LogP contribution in [0.4, 0.5) is 10.5 Å². The van der Waals surface area contributed by atoms with Crippen LogP contribution in [0.3, 0.4) is 0 Å². The van der Waals surface area contributed by atoms with Crippen LogP contribution in [0.15, 0.2) is 36.5 Å². The first-order chi connectivity index (χ1) is 13.9. The molecule has 2 aliphatic rings. The number of rotatable bonds is 7. The number of hydrogen-bond acceptors (Lipinski definition) is 2. The Labute approximate surface area is 172 Å². The number of aromatic nitrogens is 1. The number of benzene rings is 1. The van der Waals surface area contributed by atoms with Crippen LogP contribution in [0.5, 0.6) is 0 Å². The second-order valence-electron chi connectivity index (χ2n) is 8.45. The van der Waals surface area contributed by atoms with Crippen LogP contribution in [0.2, 0.25) is 0 Å². The number of carbonyl (C=O) groups excluding carboxylic acids is 2. The van der Waals surface area contributed by atoms with Crippen LogP contribution in [0, 0.1) is 13.8 Å². The van der Waals surface area contributed by atoms with Crippen LogP contribution in [0.1, 0.15) is 42.5 Å². The van der Waals surface area contributed by atoms with Crippen molar-refractivity contribution < 1.29 is 9.59 Å². The van der Waals surface area contributed by atoms with Gasteiger partial charge in [-0.3, -0.25) is 4.79 Å². The molecule has 0 saturated heterocycles. The van der Waals surface area contributed by atoms with Crippen molar-refractivity contribution in [3.63, 3.8) is 0 Å². The largest absolute Gasteiger partial charge is 0.353 e. The lowest BCUT2D eigenvalue weighted by atomic mass is 10.1. The first-order valence-electron chi connectivity index (χ1n) is 10.5. The van der Waals surface area contributed by atoms with Crippen LogP contribution in [-0.4, -0.2) is 44.9 Å². The molecule has 6 nitrogen and oxygen atoms in total. The van der Waals surface area contributed by atoms with E-state index in [9.17, 15) is 9.59 Å². The number of hydrogen-bond donors (Lipinski definition) is 1. The van der Waals surface area contributed by atoms with Gasteiger partial charge in [0.05, 0.1) is 6.54 Å². The number of nitrogens with one attached hydrogen (secondary N) is 1. The van der Waals surface area contributed by atoms with Crippen molar-refractivity contribution in [2.75, 3.05) is 11.9 Å². The van der Waals surface area contributed by atoms with E-state index in [1.54, 1.807) is 4.90 Å². The van der Waals surface area contributed by atoms with Crippen molar-refractivity contribution >= 4 is 17.6 Å². The molecule has 0 aliphatic heterocycles. The van der Waals surface area contributed by atoms with Crippen LogP contribution >= 0.6 is 0 Å². The fourth-order valence-corrected chi connectivity index (χ4v) is 3.65. The van der Waals surface area contributed by atoms with E-state index < -0.39 is 0 Å². The number of urea groups is 1. The molecule has 0 unspecified atom stereocenters. The van der Waals surface area contributed by atoms with Crippen molar-refractivity contribution in [1.82, 2.24) is 14.4 Å². The normalized spacial score (nSPS) is 15.8. The van der Waals surface area contributed by atoms with Gasteiger partial charge in [-0.25, -0.2) is 4.79 Å². The summed E-state index contributed by atoms with van der Waals surface area (Å²) in [7, 11) is 2.00. The highest BCUT2D eigenvalue weighted by Gasteiger charge is 2.38. The summed E-state index contributed by atoms with van der Waals surface area (Å²) in [6.07, 6.45) is 6.03. The van der Waals surface area contributed by atoms with Gasteiger partial charge in [-0.1, -0.05) is 6.07 Å². The number of anilines is 1. The molecule has 1 heterocycles. The van der Waals surface area contributed by atoms with Gasteiger partial charge in [-0.2, -0.15) is 0 Å². The van der Waals surface area contributed by atoms with Gasteiger partial charge in [-0.05, 0) is 74.9 Å². The van der Waals surface area contributed by atoms with E-state index in [1.165, 1.54) is 5.56 Å². The van der Waals surface area contributed by atoms with Gasteiger partial charge in [0.2, 0.25) is 5.91 Å². The maximum Gasteiger partial charge on any atom is 0.322 e. The number of carbonyl (C=O) groups is 2. The Morgan fingerprint density at radius 1 is 1.03 bits per heavy atom. The summed E-state index contributed by atoms with van der Waals surface area (Å²) in [5.74, 6) is 0.0378. The molecule has 0 spiro atoms. The minimum absolute atomic E-state index is 0.0378. The zero-order chi connectivity index (χ0) is 20.5. The zero-order valence-electron chi connectivity index (χ0n) is 17.5. The Kier molecular flexibility index (Phi) is 5.35. The van der Waals surface area contributed by atoms with E-state index in [0.29, 0.717) is 12.6 Å². The Bertz CT molecular complexity index is 911. The van der Waals surface area contributed by atoms with E-state index in [4.69, 9.17) is 0 Å². The molecule has 154 valence electrons. The van der Waals surface area contributed by atoms with Gasteiger partial charge in [0, 0.05) is 36.7 Å². The summed E-state index contributed by atoms with van der Waals surface area (Å²) in [6, 6.07) is 10.2. The molecule has 0 radical (unpaired) electrons. The van der Waals surface area contributed by atoms with Crippen molar-refractivity contribution in [1.29, 1.82) is 0 Å². The highest BCUT2D eigenvalue weighted by Crippen LogP contribution is 2.31. The third kappa shape index (κ3) is 4.63. The Balaban J connectivity index is 1.44. The average Bonchev–Trinajstić information content (AvgIpc) is 3.60. The minimum atomic E-state index is -0.182. The highest BCUT2D eigenvalue weighted by atomic mass is 16.2. The second-order valence-corrected chi connectivity index (χ2v) is 8.45. The third-order valence-electron chi connectivity index (χ3n) is 6.00. The van der Waals surface area contributed by atoms with Crippen LogP contribution in [0.25, 0.3) is 0 Å². The Hall–Kier alpha value is -2.76. The molecular formula is C23H30N4O2. The number of nitrogens with zero attached hydrogens (tertiary/aromatic N) is 3. The molecule has 2 fully saturated rings. The van der Waals surface area contributed by atoms with Gasteiger partial charge in [-0.15, -0.1) is 0 Å². The van der Waals surface area contributed by atoms with E-state index in [1.807, 2.05) is 60.0 Å². The molecule has 0 bridgehead atoms. The predicted octanol–water partition coefficient (Wildman–Crippen LogP) is 3.83. The van der Waals surface area contributed by atoms with Crippen molar-refractivity contribution in [3.05, 3.63) is 53.3 Å². The molecule has 6 heteroatoms. The smallest absolute Gasteiger partial charge is 0.322 e. The van der Waals surface area contributed by atoms with Gasteiger partial charge < -0.3 is 19.7 Å². The SMILES string of the molecule is Cc1ccc(NC(=O)N(CC(=O)N(Cc2cccn2C)C2CC2)C2CC2)cc1C. The maximum absolute atomic E-state index is 13.2. The zero-order valence-corrected chi connectivity index (χ0v) is 17.5. The standard InChI is InChI=1S/C23H30N4O2/c1-16-6-7-18(13-17(16)2)24-23(29)27(20-10-11-20)15-22(28)26(19-8-9-19)14-21-5-4-12-25(21)3/h4-7,12-13,19-20H,8-11,14-15H2,1-3H3,(H,24,29). The molecule has 1 N–H and O–H groups in total. The van der Waals surface area contributed by atoms with Gasteiger partial charge in [0.25, 0.3) is 0 Å². The van der Waals surface area contributed by atoms with Gasteiger partial charge in [0.1, 0.15) is 6.54 Å². The van der Waals surface area contributed by atoms with Crippen LogP contribution in [-0.2, 0) is 18.4 Å². The summed E-state index contributed by atoms with van der Waals surface area (Å²) >= 11 is 0. The molecule has 29 heavy (non-hydrogen) atoms. The molecule has 2 saturated carbocycles. The first kappa shape index (κ1) is 19.6. The molecule has 0 atom stereocenters. The minimum Gasteiger partial charge on any atom is -0.353 e. The van der Waals surface area contributed by atoms with E-state index in [0.717, 1.165) is 42.6 Å². The summed E-state index contributed by atoms with van der Waals surface area (Å²) in [4.78, 5) is 29.8.